The van der Waals surface area contributed by atoms with Gasteiger partial charge in [0, 0.05) is 5.39 Å². The maximum atomic E-state index is 14.4. The van der Waals surface area contributed by atoms with E-state index in [1.807, 2.05) is 44.2 Å². The zero-order valence-electron chi connectivity index (χ0n) is 23.6. The Bertz CT molecular complexity index is 1610. The average Bonchev–Trinajstić information content (AvgIpc) is 3.56. The van der Waals surface area contributed by atoms with Crippen molar-refractivity contribution in [2.75, 3.05) is 18.9 Å². The number of carbonyl (C=O) groups is 1. The highest BCUT2D eigenvalue weighted by atomic mass is 35.5. The second-order valence-corrected chi connectivity index (χ2v) is 12.4. The number of nitrogens with zero attached hydrogens (tertiary/aromatic N) is 4. The van der Waals surface area contributed by atoms with Crippen LogP contribution < -0.4 is 15.3 Å². The minimum Gasteiger partial charge on any atom is -0.465 e. The van der Waals surface area contributed by atoms with E-state index in [0.717, 1.165) is 10.8 Å². The molecular weight excluding hydrogens is 583 g/mol. The number of fused-ring (bicyclic) bond motifs is 2. The topological polar surface area (TPSA) is 153 Å². The van der Waals surface area contributed by atoms with E-state index in [-0.39, 0.29) is 30.2 Å². The third-order valence-corrected chi connectivity index (χ3v) is 8.65. The number of nitrogens with one attached hydrogen (secondary N) is 1. The highest BCUT2D eigenvalue weighted by Gasteiger charge is 2.38. The van der Waals surface area contributed by atoms with Crippen LogP contribution >= 0.6 is 19.3 Å². The van der Waals surface area contributed by atoms with E-state index in [4.69, 9.17) is 35.9 Å². The van der Waals surface area contributed by atoms with Crippen molar-refractivity contribution in [1.82, 2.24) is 24.6 Å². The van der Waals surface area contributed by atoms with Crippen molar-refractivity contribution in [2.45, 2.75) is 58.4 Å². The molecule has 0 bridgehead atoms. The van der Waals surface area contributed by atoms with E-state index in [2.05, 4.69) is 20.0 Å². The van der Waals surface area contributed by atoms with Gasteiger partial charge >= 0.3 is 13.7 Å². The van der Waals surface area contributed by atoms with Crippen molar-refractivity contribution in [3.05, 3.63) is 54.1 Å². The Labute approximate surface area is 248 Å². The minimum atomic E-state index is -4.14. The molecule has 0 spiro atoms. The normalized spacial score (nSPS) is 19.3. The molecule has 12 nitrogen and oxygen atoms in total. The number of carbonyl (C=O) groups excluding carboxylic acids is 1. The summed E-state index contributed by atoms with van der Waals surface area (Å²) in [4.78, 5) is 25.4. The van der Waals surface area contributed by atoms with E-state index < -0.39 is 32.1 Å². The number of imidazole rings is 1. The van der Waals surface area contributed by atoms with Crippen LogP contribution in [0.4, 0.5) is 5.82 Å². The van der Waals surface area contributed by atoms with E-state index in [1.54, 1.807) is 23.6 Å². The number of hydrogen-bond donors (Lipinski definition) is 2. The van der Waals surface area contributed by atoms with E-state index in [1.165, 1.54) is 6.33 Å². The molecule has 224 valence electrons. The smallest absolute Gasteiger partial charge is 0.459 e. The van der Waals surface area contributed by atoms with Crippen LogP contribution in [0, 0.1) is 5.92 Å². The number of aromatic nitrogens is 4. The van der Waals surface area contributed by atoms with Gasteiger partial charge in [0.2, 0.25) is 5.28 Å². The highest BCUT2D eigenvalue weighted by molar-refractivity contribution is 7.52. The fraction of sp³-hybridized carbons (Fsp3) is 0.429. The molecule has 0 saturated carbocycles. The van der Waals surface area contributed by atoms with Crippen LogP contribution in [0.3, 0.4) is 0 Å². The first-order valence-electron chi connectivity index (χ1n) is 13.8. The van der Waals surface area contributed by atoms with E-state index in [9.17, 15) is 9.36 Å². The molecule has 3 heterocycles. The molecular formula is C28H34ClN6O6P. The van der Waals surface area contributed by atoms with Crippen molar-refractivity contribution in [3.8, 4) is 5.75 Å². The van der Waals surface area contributed by atoms with Crippen LogP contribution in [0.1, 0.15) is 46.3 Å². The molecule has 1 unspecified atom stereocenters. The molecule has 14 heteroatoms. The number of hydrogen-bond acceptors (Lipinski definition) is 10. The lowest BCUT2D eigenvalue weighted by atomic mass is 10.1. The van der Waals surface area contributed by atoms with E-state index >= 15 is 0 Å². The molecule has 4 aromatic rings. The standard InChI is InChI=1S/C28H34ClN6O6P/c1-4-38-27(36)21(14-17(2)3)34-42(37,41-22-11-7-9-18-8-5-6-10-20(18)22)39-15-19-12-13-23(40-19)35-26-24(33-28(35)29)25(30)31-16-32-26/h5-11,16-17,19,21,23H,4,12-15H2,1-3H3,(H,34,37)(H2,30,31,32)/t19-,21-,23+,42?/m0/s1. The molecule has 2 aromatic carbocycles. The molecule has 0 radical (unpaired) electrons. The predicted molar refractivity (Wildman–Crippen MR) is 159 cm³/mol. The second-order valence-electron chi connectivity index (χ2n) is 10.4. The lowest BCUT2D eigenvalue weighted by molar-refractivity contribution is -0.145. The molecule has 0 aliphatic carbocycles. The Morgan fingerprint density at radius 1 is 1.21 bits per heavy atom. The van der Waals surface area contributed by atoms with Crippen molar-refractivity contribution < 1.29 is 27.9 Å². The van der Waals surface area contributed by atoms with Gasteiger partial charge in [-0.05, 0) is 55.2 Å². The van der Waals surface area contributed by atoms with Gasteiger partial charge in [-0.15, -0.1) is 0 Å². The first-order chi connectivity index (χ1) is 20.2. The first-order valence-corrected chi connectivity index (χ1v) is 15.7. The molecule has 3 N–H and O–H groups in total. The molecule has 1 aliphatic rings. The quantitative estimate of drug-likeness (QED) is 0.115. The summed E-state index contributed by atoms with van der Waals surface area (Å²) in [5.74, 6) is 0.143. The number of anilines is 1. The van der Waals surface area contributed by atoms with Crippen LogP contribution in [0.2, 0.25) is 5.28 Å². The summed E-state index contributed by atoms with van der Waals surface area (Å²) < 4.78 is 39.6. The lowest BCUT2D eigenvalue weighted by Gasteiger charge is -2.26. The number of benzene rings is 2. The Kier molecular flexibility index (Phi) is 9.29. The second kappa shape index (κ2) is 12.9. The lowest BCUT2D eigenvalue weighted by Crippen LogP contribution is -2.39. The molecule has 4 atom stereocenters. The molecule has 2 aromatic heterocycles. The maximum absolute atomic E-state index is 14.4. The van der Waals surface area contributed by atoms with Crippen LogP contribution in [-0.2, 0) is 23.4 Å². The molecule has 1 fully saturated rings. The average molecular weight is 617 g/mol. The fourth-order valence-electron chi connectivity index (χ4n) is 4.94. The van der Waals surface area contributed by atoms with Crippen molar-refractivity contribution >= 4 is 53.1 Å². The summed E-state index contributed by atoms with van der Waals surface area (Å²) in [5, 5.41) is 4.70. The predicted octanol–water partition coefficient (Wildman–Crippen LogP) is 5.66. The summed E-state index contributed by atoms with van der Waals surface area (Å²) in [7, 11) is -4.14. The largest absolute Gasteiger partial charge is 0.465 e. The molecule has 5 rings (SSSR count). The number of nitrogens with two attached hydrogens (primary N) is 1. The van der Waals surface area contributed by atoms with Crippen LogP contribution in [0.15, 0.2) is 48.8 Å². The third-order valence-electron chi connectivity index (χ3n) is 6.83. The summed E-state index contributed by atoms with van der Waals surface area (Å²) in [6, 6.07) is 12.1. The van der Waals surface area contributed by atoms with Gasteiger partial charge < -0.3 is 19.7 Å². The van der Waals surface area contributed by atoms with Crippen molar-refractivity contribution in [3.63, 3.8) is 0 Å². The maximum Gasteiger partial charge on any atom is 0.459 e. The van der Waals surface area contributed by atoms with Gasteiger partial charge in [0.1, 0.15) is 24.3 Å². The Hall–Kier alpha value is -3.28. The fourth-order valence-corrected chi connectivity index (χ4v) is 6.76. The number of rotatable bonds is 12. The van der Waals surface area contributed by atoms with Crippen LogP contribution in [0.25, 0.3) is 21.9 Å². The van der Waals surface area contributed by atoms with Gasteiger partial charge in [-0.25, -0.2) is 19.5 Å². The third kappa shape index (κ3) is 6.68. The van der Waals surface area contributed by atoms with Gasteiger partial charge in [-0.3, -0.25) is 13.9 Å². The van der Waals surface area contributed by atoms with E-state index in [0.29, 0.717) is 36.2 Å². The number of halogens is 1. The minimum absolute atomic E-state index is 0.0792. The Balaban J connectivity index is 1.37. The summed E-state index contributed by atoms with van der Waals surface area (Å²) >= 11 is 6.41. The SMILES string of the molecule is CCOC(=O)[C@H](CC(C)C)NP(=O)(OC[C@@H]1CC[C@H](n2c(Cl)nc3c(N)ncnc32)O1)Oc1cccc2ccccc12. The molecule has 1 aliphatic heterocycles. The van der Waals surface area contributed by atoms with Crippen molar-refractivity contribution in [2.24, 2.45) is 5.92 Å². The summed E-state index contributed by atoms with van der Waals surface area (Å²) in [6.07, 6.45) is 1.90. The summed E-state index contributed by atoms with van der Waals surface area (Å²) in [6.45, 7) is 5.74. The zero-order valence-corrected chi connectivity index (χ0v) is 25.3. The number of esters is 1. The molecule has 1 saturated heterocycles. The highest BCUT2D eigenvalue weighted by Crippen LogP contribution is 2.48. The Morgan fingerprint density at radius 2 is 2.00 bits per heavy atom. The van der Waals surface area contributed by atoms with Crippen LogP contribution in [0.5, 0.6) is 5.75 Å². The van der Waals surface area contributed by atoms with Crippen LogP contribution in [-0.4, -0.2) is 50.8 Å². The first kappa shape index (κ1) is 30.2. The van der Waals surface area contributed by atoms with Gasteiger partial charge in [-0.2, -0.15) is 5.09 Å². The van der Waals surface area contributed by atoms with Crippen molar-refractivity contribution in [1.29, 1.82) is 0 Å². The monoisotopic (exact) mass is 616 g/mol. The van der Waals surface area contributed by atoms with Gasteiger partial charge in [0.15, 0.2) is 17.0 Å². The Morgan fingerprint density at radius 3 is 2.79 bits per heavy atom. The van der Waals surface area contributed by atoms with Gasteiger partial charge in [-0.1, -0.05) is 50.2 Å². The van der Waals surface area contributed by atoms with Gasteiger partial charge in [0.05, 0.1) is 19.3 Å². The zero-order chi connectivity index (χ0) is 29.9. The van der Waals surface area contributed by atoms with Gasteiger partial charge in [0.25, 0.3) is 0 Å². The number of nitrogen functional groups attached to an aromatic ring is 1. The summed E-state index contributed by atoms with van der Waals surface area (Å²) in [5.41, 5.74) is 6.78. The molecule has 42 heavy (non-hydrogen) atoms. The number of ether oxygens (including phenoxy) is 2. The molecule has 0 amide bonds.